The number of hydrogen-bond donors (Lipinski definition) is 2. The Hall–Kier alpha value is -2.19. The number of carbonyl (C=O) groups is 2. The molecule has 0 bridgehead atoms. The molecule has 21 heavy (non-hydrogen) atoms. The van der Waals surface area contributed by atoms with E-state index in [2.05, 4.69) is 15.3 Å². The van der Waals surface area contributed by atoms with Gasteiger partial charge < -0.3 is 10.4 Å². The highest BCUT2D eigenvalue weighted by atomic mass is 19.4. The average Bonchev–Trinajstić information content (AvgIpc) is 2.42. The van der Waals surface area contributed by atoms with E-state index in [4.69, 9.17) is 5.11 Å². The summed E-state index contributed by atoms with van der Waals surface area (Å²) in [6.45, 7) is 1.70. The van der Waals surface area contributed by atoms with Crippen molar-refractivity contribution in [3.63, 3.8) is 0 Å². The molecule has 0 aliphatic rings. The highest BCUT2D eigenvalue weighted by molar-refractivity contribution is 5.93. The van der Waals surface area contributed by atoms with Crippen LogP contribution in [0, 0.1) is 5.92 Å². The van der Waals surface area contributed by atoms with E-state index in [0.29, 0.717) is 12.8 Å². The predicted octanol–water partition coefficient (Wildman–Crippen LogP) is 1.73. The lowest BCUT2D eigenvalue weighted by molar-refractivity contribution is -0.145. The zero-order chi connectivity index (χ0) is 16.0. The van der Waals surface area contributed by atoms with Gasteiger partial charge in [0.1, 0.15) is 0 Å². The first kappa shape index (κ1) is 16.9. The Morgan fingerprint density at radius 1 is 1.33 bits per heavy atom. The van der Waals surface area contributed by atoms with E-state index >= 15 is 0 Å². The number of rotatable bonds is 6. The number of hydrogen-bond acceptors (Lipinski definition) is 4. The molecule has 1 atom stereocenters. The molecular weight excluding hydrogens is 291 g/mol. The van der Waals surface area contributed by atoms with Crippen LogP contribution in [0.2, 0.25) is 0 Å². The summed E-state index contributed by atoms with van der Waals surface area (Å²) in [5.41, 5.74) is -0.163. The zero-order valence-corrected chi connectivity index (χ0v) is 11.1. The molecule has 0 saturated carbocycles. The number of aromatic nitrogens is 2. The van der Waals surface area contributed by atoms with Gasteiger partial charge in [0.15, 0.2) is 0 Å². The third kappa shape index (κ3) is 5.01. The van der Waals surface area contributed by atoms with Crippen molar-refractivity contribution in [3.8, 4) is 0 Å². The second-order valence-electron chi connectivity index (χ2n) is 4.33. The lowest BCUT2D eigenvalue weighted by Gasteiger charge is -2.12. The van der Waals surface area contributed by atoms with Gasteiger partial charge in [-0.2, -0.15) is 13.2 Å². The number of carboxylic acid groups (broad SMARTS) is 1. The normalized spacial score (nSPS) is 12.8. The molecule has 0 aromatic carbocycles. The fraction of sp³-hybridized carbons (Fsp3) is 0.500. The quantitative estimate of drug-likeness (QED) is 0.835. The molecule has 0 saturated heterocycles. The molecular formula is C12H14F3N3O3. The molecule has 1 unspecified atom stereocenters. The van der Waals surface area contributed by atoms with E-state index in [9.17, 15) is 22.8 Å². The van der Waals surface area contributed by atoms with Gasteiger partial charge >= 0.3 is 12.1 Å². The predicted molar refractivity (Wildman–Crippen MR) is 65.4 cm³/mol. The number of nitrogens with zero attached hydrogens (tertiary/aromatic N) is 2. The third-order valence-electron chi connectivity index (χ3n) is 2.66. The van der Waals surface area contributed by atoms with Crippen molar-refractivity contribution in [2.75, 3.05) is 6.54 Å². The van der Waals surface area contributed by atoms with Gasteiger partial charge in [0.25, 0.3) is 5.91 Å². The maximum Gasteiger partial charge on any atom is 0.451 e. The zero-order valence-electron chi connectivity index (χ0n) is 11.1. The van der Waals surface area contributed by atoms with Gasteiger partial charge in [-0.25, -0.2) is 9.97 Å². The fourth-order valence-corrected chi connectivity index (χ4v) is 1.57. The van der Waals surface area contributed by atoms with Crippen LogP contribution < -0.4 is 5.32 Å². The Morgan fingerprint density at radius 3 is 2.33 bits per heavy atom. The molecule has 1 aromatic heterocycles. The van der Waals surface area contributed by atoms with Crippen LogP contribution in [0.5, 0.6) is 0 Å². The maximum absolute atomic E-state index is 12.3. The summed E-state index contributed by atoms with van der Waals surface area (Å²) >= 11 is 0. The monoisotopic (exact) mass is 305 g/mol. The number of aliphatic carboxylic acids is 1. The Morgan fingerprint density at radius 2 is 1.90 bits per heavy atom. The molecule has 1 rings (SSSR count). The van der Waals surface area contributed by atoms with E-state index in [1.54, 1.807) is 0 Å². The van der Waals surface area contributed by atoms with Gasteiger partial charge in [-0.3, -0.25) is 9.59 Å². The van der Waals surface area contributed by atoms with Crippen LogP contribution in [0.3, 0.4) is 0 Å². The van der Waals surface area contributed by atoms with Crippen LogP contribution >= 0.6 is 0 Å². The summed E-state index contributed by atoms with van der Waals surface area (Å²) in [7, 11) is 0. The molecule has 116 valence electrons. The molecule has 9 heteroatoms. The highest BCUT2D eigenvalue weighted by Gasteiger charge is 2.34. The van der Waals surface area contributed by atoms with Crippen LogP contribution in [0.15, 0.2) is 12.4 Å². The topological polar surface area (TPSA) is 92.2 Å². The van der Waals surface area contributed by atoms with Gasteiger partial charge in [-0.05, 0) is 6.42 Å². The average molecular weight is 305 g/mol. The Bertz CT molecular complexity index is 503. The van der Waals surface area contributed by atoms with Crippen molar-refractivity contribution >= 4 is 11.9 Å². The van der Waals surface area contributed by atoms with Crippen LogP contribution in [0.4, 0.5) is 13.2 Å². The lowest BCUT2D eigenvalue weighted by Crippen LogP contribution is -2.33. The number of amides is 1. The molecule has 1 amide bonds. The van der Waals surface area contributed by atoms with E-state index in [1.807, 2.05) is 6.92 Å². The van der Waals surface area contributed by atoms with Gasteiger partial charge in [-0.15, -0.1) is 0 Å². The summed E-state index contributed by atoms with van der Waals surface area (Å²) in [5, 5.41) is 11.3. The Balaban J connectivity index is 2.65. The molecule has 0 aliphatic heterocycles. The van der Waals surface area contributed by atoms with Crippen molar-refractivity contribution in [1.82, 2.24) is 15.3 Å². The molecule has 0 radical (unpaired) electrons. The van der Waals surface area contributed by atoms with Gasteiger partial charge in [0.2, 0.25) is 5.82 Å². The van der Waals surface area contributed by atoms with Crippen LogP contribution in [-0.4, -0.2) is 33.5 Å². The van der Waals surface area contributed by atoms with E-state index < -0.39 is 29.8 Å². The Kier molecular flexibility index (Phi) is 5.62. The maximum atomic E-state index is 12.3. The largest absolute Gasteiger partial charge is 0.481 e. The second kappa shape index (κ2) is 7.00. The van der Waals surface area contributed by atoms with Crippen LogP contribution in [0.25, 0.3) is 0 Å². The molecule has 1 aromatic rings. The number of nitrogens with one attached hydrogen (secondary N) is 1. The summed E-state index contributed by atoms with van der Waals surface area (Å²) in [5.74, 6) is -3.84. The van der Waals surface area contributed by atoms with E-state index in [-0.39, 0.29) is 12.1 Å². The number of halogens is 3. The standard InChI is InChI=1S/C12H14F3N3O3/c1-2-3-7(10(20)21)4-16-9(19)8-5-17-11(18-6-8)12(13,14)15/h5-7H,2-4H2,1H3,(H,16,19)(H,20,21). The third-order valence-corrected chi connectivity index (χ3v) is 2.66. The lowest BCUT2D eigenvalue weighted by atomic mass is 10.0. The first-order chi connectivity index (χ1) is 9.75. The first-order valence-electron chi connectivity index (χ1n) is 6.16. The Labute approximate surface area is 118 Å². The minimum absolute atomic E-state index is 0.108. The summed E-state index contributed by atoms with van der Waals surface area (Å²) in [4.78, 5) is 28.7. The highest BCUT2D eigenvalue weighted by Crippen LogP contribution is 2.25. The van der Waals surface area contributed by atoms with Crippen molar-refractivity contribution < 1.29 is 27.9 Å². The van der Waals surface area contributed by atoms with Crippen molar-refractivity contribution in [2.24, 2.45) is 5.92 Å². The molecule has 6 nitrogen and oxygen atoms in total. The van der Waals surface area contributed by atoms with Crippen molar-refractivity contribution in [3.05, 3.63) is 23.8 Å². The fourth-order valence-electron chi connectivity index (χ4n) is 1.57. The smallest absolute Gasteiger partial charge is 0.451 e. The minimum Gasteiger partial charge on any atom is -0.481 e. The molecule has 1 heterocycles. The van der Waals surface area contributed by atoms with Crippen LogP contribution in [-0.2, 0) is 11.0 Å². The molecule has 0 fully saturated rings. The van der Waals surface area contributed by atoms with E-state index in [1.165, 1.54) is 0 Å². The molecule has 0 aliphatic carbocycles. The van der Waals surface area contributed by atoms with Gasteiger partial charge in [0.05, 0.1) is 11.5 Å². The molecule has 0 spiro atoms. The minimum atomic E-state index is -4.68. The molecule has 2 N–H and O–H groups in total. The van der Waals surface area contributed by atoms with Crippen LogP contribution in [0.1, 0.15) is 35.9 Å². The van der Waals surface area contributed by atoms with Gasteiger partial charge in [0, 0.05) is 18.9 Å². The first-order valence-corrected chi connectivity index (χ1v) is 6.16. The summed E-state index contributed by atoms with van der Waals surface area (Å²) in [6.07, 6.45) is -2.15. The van der Waals surface area contributed by atoms with Gasteiger partial charge in [-0.1, -0.05) is 13.3 Å². The number of carbonyl (C=O) groups excluding carboxylic acids is 1. The van der Waals surface area contributed by atoms with Crippen molar-refractivity contribution in [1.29, 1.82) is 0 Å². The number of carboxylic acids is 1. The summed E-state index contributed by atoms with van der Waals surface area (Å²) < 4.78 is 36.8. The van der Waals surface area contributed by atoms with E-state index in [0.717, 1.165) is 12.4 Å². The number of alkyl halides is 3. The SMILES string of the molecule is CCCC(CNC(=O)c1cnc(C(F)(F)F)nc1)C(=O)O. The second-order valence-corrected chi connectivity index (χ2v) is 4.33. The van der Waals surface area contributed by atoms with Crippen molar-refractivity contribution in [2.45, 2.75) is 25.9 Å². The summed E-state index contributed by atoms with van der Waals surface area (Å²) in [6, 6.07) is 0.